The maximum Gasteiger partial charge on any atom is 0.414 e. The Hall–Kier alpha value is -2.83. The summed E-state index contributed by atoms with van der Waals surface area (Å²) < 4.78 is 13.1. The van der Waals surface area contributed by atoms with Crippen LogP contribution in [0.25, 0.3) is 11.1 Å². The van der Waals surface area contributed by atoms with Gasteiger partial charge >= 0.3 is 6.09 Å². The molecule has 7 nitrogen and oxygen atoms in total. The van der Waals surface area contributed by atoms with Crippen molar-refractivity contribution in [2.24, 2.45) is 7.05 Å². The zero-order chi connectivity index (χ0) is 20.5. The minimum Gasteiger partial charge on any atom is -0.475 e. The molecule has 3 rings (SSSR count). The standard InChI is InChI=1S/C21H28N4O3/c1-14(2)27-19-10-16(17-11-22-24(6)12-17)9-18(23-19)15-7-8-25(13-15)20(26)28-21(3,4)5/h7-12,14-15H,13H2,1-6H3. The molecule has 3 heterocycles. The first-order valence-electron chi connectivity index (χ1n) is 9.46. The lowest BCUT2D eigenvalue weighted by molar-refractivity contribution is 0.0345. The van der Waals surface area contributed by atoms with Crippen LogP contribution in [0.15, 0.2) is 36.8 Å². The van der Waals surface area contributed by atoms with Gasteiger partial charge in [0.15, 0.2) is 0 Å². The molecule has 2 aromatic heterocycles. The van der Waals surface area contributed by atoms with Crippen molar-refractivity contribution in [2.45, 2.75) is 52.2 Å². The van der Waals surface area contributed by atoms with Gasteiger partial charge in [-0.25, -0.2) is 9.78 Å². The summed E-state index contributed by atoms with van der Waals surface area (Å²) in [6, 6.07) is 3.95. The Morgan fingerprint density at radius 1 is 1.25 bits per heavy atom. The van der Waals surface area contributed by atoms with E-state index in [0.717, 1.165) is 16.8 Å². The van der Waals surface area contributed by atoms with E-state index in [4.69, 9.17) is 9.47 Å². The van der Waals surface area contributed by atoms with E-state index in [2.05, 4.69) is 10.1 Å². The van der Waals surface area contributed by atoms with E-state index in [1.807, 2.05) is 72.3 Å². The molecule has 1 aliphatic rings. The first-order valence-corrected chi connectivity index (χ1v) is 9.46. The van der Waals surface area contributed by atoms with Gasteiger partial charge in [0.05, 0.1) is 18.0 Å². The molecule has 0 saturated carbocycles. The lowest BCUT2D eigenvalue weighted by Gasteiger charge is -2.24. The molecule has 0 aromatic carbocycles. The second-order valence-corrected chi connectivity index (χ2v) is 8.27. The number of hydrogen-bond acceptors (Lipinski definition) is 5. The topological polar surface area (TPSA) is 69.5 Å². The van der Waals surface area contributed by atoms with Gasteiger partial charge in [-0.1, -0.05) is 6.08 Å². The van der Waals surface area contributed by atoms with Gasteiger partial charge in [-0.05, 0) is 46.2 Å². The van der Waals surface area contributed by atoms with Crippen LogP contribution in [0.3, 0.4) is 0 Å². The molecule has 1 unspecified atom stereocenters. The molecule has 1 aliphatic heterocycles. The third-order valence-corrected chi connectivity index (χ3v) is 4.12. The van der Waals surface area contributed by atoms with Crippen LogP contribution in [0, 0.1) is 0 Å². The lowest BCUT2D eigenvalue weighted by Crippen LogP contribution is -2.33. The van der Waals surface area contributed by atoms with Crippen LogP contribution in [-0.2, 0) is 11.8 Å². The Balaban J connectivity index is 1.85. The zero-order valence-corrected chi connectivity index (χ0v) is 17.3. The second-order valence-electron chi connectivity index (χ2n) is 8.27. The molecule has 0 fully saturated rings. The van der Waals surface area contributed by atoms with E-state index in [-0.39, 0.29) is 18.1 Å². The average Bonchev–Trinajstić information content (AvgIpc) is 3.21. The monoisotopic (exact) mass is 384 g/mol. The van der Waals surface area contributed by atoms with Crippen molar-refractivity contribution >= 4 is 6.09 Å². The lowest BCUT2D eigenvalue weighted by atomic mass is 10.0. The van der Waals surface area contributed by atoms with E-state index in [1.54, 1.807) is 15.8 Å². The summed E-state index contributed by atoms with van der Waals surface area (Å²) in [4.78, 5) is 18.6. The van der Waals surface area contributed by atoms with Crippen molar-refractivity contribution in [3.63, 3.8) is 0 Å². The molecule has 0 aliphatic carbocycles. The number of amides is 1. The van der Waals surface area contributed by atoms with Gasteiger partial charge in [0.1, 0.15) is 5.60 Å². The van der Waals surface area contributed by atoms with Gasteiger partial charge in [0.2, 0.25) is 5.88 Å². The summed E-state index contributed by atoms with van der Waals surface area (Å²) in [5.41, 5.74) is 2.29. The fourth-order valence-electron chi connectivity index (χ4n) is 2.94. The van der Waals surface area contributed by atoms with Gasteiger partial charge in [0.25, 0.3) is 0 Å². The van der Waals surface area contributed by atoms with Crippen LogP contribution >= 0.6 is 0 Å². The third-order valence-electron chi connectivity index (χ3n) is 4.12. The van der Waals surface area contributed by atoms with E-state index in [1.165, 1.54) is 0 Å². The molecule has 28 heavy (non-hydrogen) atoms. The quantitative estimate of drug-likeness (QED) is 0.793. The van der Waals surface area contributed by atoms with Crippen molar-refractivity contribution in [1.29, 1.82) is 0 Å². The van der Waals surface area contributed by atoms with Crippen LogP contribution < -0.4 is 4.74 Å². The molecule has 0 saturated heterocycles. The highest BCUT2D eigenvalue weighted by Gasteiger charge is 2.28. The van der Waals surface area contributed by atoms with Crippen molar-refractivity contribution < 1.29 is 14.3 Å². The molecular weight excluding hydrogens is 356 g/mol. The fraction of sp³-hybridized carbons (Fsp3) is 0.476. The van der Waals surface area contributed by atoms with Crippen molar-refractivity contribution in [2.75, 3.05) is 6.54 Å². The number of carbonyl (C=O) groups excluding carboxylic acids is 1. The summed E-state index contributed by atoms with van der Waals surface area (Å²) in [6.45, 7) is 10.00. The van der Waals surface area contributed by atoms with Crippen molar-refractivity contribution in [3.8, 4) is 17.0 Å². The summed E-state index contributed by atoms with van der Waals surface area (Å²) in [5, 5.41) is 4.25. The van der Waals surface area contributed by atoms with E-state index < -0.39 is 5.60 Å². The molecule has 1 amide bonds. The predicted octanol–water partition coefficient (Wildman–Crippen LogP) is 4.12. The van der Waals surface area contributed by atoms with Gasteiger partial charge in [0, 0.05) is 43.5 Å². The van der Waals surface area contributed by atoms with Crippen LogP contribution in [0.5, 0.6) is 5.88 Å². The minimum atomic E-state index is -0.528. The average molecular weight is 384 g/mol. The Labute approximate surface area is 166 Å². The smallest absolute Gasteiger partial charge is 0.414 e. The van der Waals surface area contributed by atoms with E-state index in [0.29, 0.717) is 12.4 Å². The number of hydrogen-bond donors (Lipinski definition) is 0. The Kier molecular flexibility index (Phi) is 5.45. The second kappa shape index (κ2) is 7.66. The Morgan fingerprint density at radius 2 is 2.00 bits per heavy atom. The molecular formula is C21H28N4O3. The third kappa shape index (κ3) is 4.91. The number of ether oxygens (including phenoxy) is 2. The molecule has 0 radical (unpaired) electrons. The Morgan fingerprint density at radius 3 is 2.61 bits per heavy atom. The van der Waals surface area contributed by atoms with Gasteiger partial charge in [-0.15, -0.1) is 0 Å². The SMILES string of the molecule is CC(C)Oc1cc(-c2cnn(C)c2)cc(C2C=CN(C(=O)OC(C)(C)C)C2)n1. The van der Waals surface area contributed by atoms with Crippen LogP contribution in [0.2, 0.25) is 0 Å². The van der Waals surface area contributed by atoms with Crippen LogP contribution in [0.4, 0.5) is 4.79 Å². The Bertz CT molecular complexity index is 880. The highest BCUT2D eigenvalue weighted by atomic mass is 16.6. The van der Waals surface area contributed by atoms with E-state index >= 15 is 0 Å². The van der Waals surface area contributed by atoms with E-state index in [9.17, 15) is 4.79 Å². The molecule has 0 bridgehead atoms. The van der Waals surface area contributed by atoms with Gasteiger partial charge in [-0.2, -0.15) is 5.10 Å². The largest absolute Gasteiger partial charge is 0.475 e. The number of pyridine rings is 1. The van der Waals surface area contributed by atoms with Crippen LogP contribution in [-0.4, -0.2) is 44.0 Å². The molecule has 7 heteroatoms. The molecule has 0 spiro atoms. The fourth-order valence-corrected chi connectivity index (χ4v) is 2.94. The summed E-state index contributed by atoms with van der Waals surface area (Å²) in [5.74, 6) is 0.536. The highest BCUT2D eigenvalue weighted by Crippen LogP contribution is 2.31. The number of aryl methyl sites for hydroxylation is 1. The molecule has 2 aromatic rings. The highest BCUT2D eigenvalue weighted by molar-refractivity contribution is 5.70. The normalized spacial score (nSPS) is 16.7. The number of aromatic nitrogens is 3. The summed E-state index contributed by atoms with van der Waals surface area (Å²) >= 11 is 0. The maximum absolute atomic E-state index is 12.3. The minimum absolute atomic E-state index is 0.0156. The molecule has 150 valence electrons. The number of carbonyl (C=O) groups is 1. The number of nitrogens with zero attached hydrogens (tertiary/aromatic N) is 4. The van der Waals surface area contributed by atoms with Crippen molar-refractivity contribution in [3.05, 3.63) is 42.5 Å². The van der Waals surface area contributed by atoms with Crippen molar-refractivity contribution in [1.82, 2.24) is 19.7 Å². The van der Waals surface area contributed by atoms with Gasteiger partial charge < -0.3 is 9.47 Å². The summed E-state index contributed by atoms with van der Waals surface area (Å²) in [6.07, 6.45) is 7.17. The summed E-state index contributed by atoms with van der Waals surface area (Å²) in [7, 11) is 1.88. The predicted molar refractivity (Wildman–Crippen MR) is 107 cm³/mol. The maximum atomic E-state index is 12.3. The number of rotatable bonds is 4. The van der Waals surface area contributed by atoms with Gasteiger partial charge in [-0.3, -0.25) is 9.58 Å². The molecule has 1 atom stereocenters. The zero-order valence-electron chi connectivity index (χ0n) is 17.3. The first-order chi connectivity index (χ1) is 13.1. The first kappa shape index (κ1) is 19.9. The van der Waals surface area contributed by atoms with Crippen LogP contribution in [0.1, 0.15) is 46.2 Å². The molecule has 0 N–H and O–H groups in total.